The Morgan fingerprint density at radius 3 is 2.88 bits per heavy atom. The topological polar surface area (TPSA) is 102 Å². The molecule has 1 atom stereocenters. The van der Waals surface area contributed by atoms with Gasteiger partial charge in [0.15, 0.2) is 0 Å². The molecule has 1 aromatic carbocycles. The number of ether oxygens (including phenoxy) is 2. The molecule has 2 aromatic heterocycles. The van der Waals surface area contributed by atoms with E-state index in [9.17, 15) is 4.79 Å². The number of hydrogen-bond acceptors (Lipinski definition) is 8. The Morgan fingerprint density at radius 1 is 1.21 bits per heavy atom. The standard InChI is InChI=1S/C24H28N6O3.ClH/c1-2-4-20-25-14-18-21(24(31)29-23(18)28-20)22-17-6-5-16(13-19(17)26-15-27-22)33-10-3-7-30-8-11-32-12-9-30;/h5-6,13-15,21H,2-4,7-12H2,1H3,(H,25,28,29,31);1H. The Labute approximate surface area is 204 Å². The molecule has 10 heteroatoms. The quantitative estimate of drug-likeness (QED) is 0.487. The number of halogens is 1. The number of hydrogen-bond donors (Lipinski definition) is 1. The van der Waals surface area contributed by atoms with Crippen LogP contribution in [0.1, 0.15) is 42.8 Å². The van der Waals surface area contributed by atoms with Gasteiger partial charge in [-0.2, -0.15) is 0 Å². The molecule has 2 aliphatic heterocycles. The number of carbonyl (C=O) groups excluding carboxylic acids is 1. The minimum atomic E-state index is -0.554. The van der Waals surface area contributed by atoms with E-state index in [2.05, 4.69) is 37.1 Å². The van der Waals surface area contributed by atoms with Crippen LogP contribution in [0.3, 0.4) is 0 Å². The van der Waals surface area contributed by atoms with E-state index in [0.29, 0.717) is 18.1 Å². The number of aromatic nitrogens is 4. The van der Waals surface area contributed by atoms with Gasteiger partial charge in [0, 0.05) is 49.3 Å². The number of fused-ring (bicyclic) bond motifs is 2. The van der Waals surface area contributed by atoms with Gasteiger partial charge in [-0.25, -0.2) is 19.9 Å². The monoisotopic (exact) mass is 484 g/mol. The lowest BCUT2D eigenvalue weighted by molar-refractivity contribution is -0.116. The van der Waals surface area contributed by atoms with Crippen molar-refractivity contribution in [1.29, 1.82) is 0 Å². The molecule has 0 saturated carbocycles. The maximum absolute atomic E-state index is 12.8. The van der Waals surface area contributed by atoms with Crippen molar-refractivity contribution in [2.75, 3.05) is 44.8 Å². The zero-order valence-corrected chi connectivity index (χ0v) is 20.0. The third-order valence-electron chi connectivity index (χ3n) is 6.06. The van der Waals surface area contributed by atoms with E-state index in [-0.39, 0.29) is 18.3 Å². The molecule has 3 aromatic rings. The first-order chi connectivity index (χ1) is 16.2. The zero-order valence-electron chi connectivity index (χ0n) is 19.2. The number of nitrogens with zero attached hydrogens (tertiary/aromatic N) is 5. The van der Waals surface area contributed by atoms with Crippen LogP contribution in [-0.4, -0.2) is 70.2 Å². The Kier molecular flexibility index (Phi) is 7.87. The van der Waals surface area contributed by atoms with Crippen LogP contribution >= 0.6 is 12.4 Å². The Bertz CT molecular complexity index is 1150. The summed E-state index contributed by atoms with van der Waals surface area (Å²) in [6, 6.07) is 5.75. The summed E-state index contributed by atoms with van der Waals surface area (Å²) in [5.41, 5.74) is 2.15. The second kappa shape index (κ2) is 11.0. The molecule has 1 unspecified atom stereocenters. The number of benzene rings is 1. The molecule has 5 rings (SSSR count). The van der Waals surface area contributed by atoms with Crippen LogP contribution in [0.2, 0.25) is 0 Å². The molecule has 2 aliphatic rings. The minimum absolute atomic E-state index is 0. The third-order valence-corrected chi connectivity index (χ3v) is 6.06. The van der Waals surface area contributed by atoms with Gasteiger partial charge in [0.2, 0.25) is 5.91 Å². The molecule has 9 nitrogen and oxygen atoms in total. The second-order valence-corrected chi connectivity index (χ2v) is 8.36. The number of carbonyl (C=O) groups is 1. The van der Waals surface area contributed by atoms with Crippen molar-refractivity contribution in [3.05, 3.63) is 47.8 Å². The number of morpholine rings is 1. The van der Waals surface area contributed by atoms with E-state index in [4.69, 9.17) is 9.47 Å². The highest BCUT2D eigenvalue weighted by molar-refractivity contribution is 6.05. The molecule has 1 saturated heterocycles. The number of nitrogens with one attached hydrogen (secondary N) is 1. The average Bonchev–Trinajstić information content (AvgIpc) is 3.17. The number of aryl methyl sites for hydroxylation is 1. The summed E-state index contributed by atoms with van der Waals surface area (Å²) in [5.74, 6) is 1.38. The molecular formula is C24H29ClN6O3. The van der Waals surface area contributed by atoms with Crippen LogP contribution < -0.4 is 10.1 Å². The summed E-state index contributed by atoms with van der Waals surface area (Å²) in [6.45, 7) is 7.30. The van der Waals surface area contributed by atoms with Crippen LogP contribution in [0.4, 0.5) is 5.82 Å². The highest BCUT2D eigenvalue weighted by atomic mass is 35.5. The van der Waals surface area contributed by atoms with Crippen molar-refractivity contribution >= 4 is 35.0 Å². The summed E-state index contributed by atoms with van der Waals surface area (Å²) >= 11 is 0. The van der Waals surface area contributed by atoms with Gasteiger partial charge in [-0.1, -0.05) is 6.92 Å². The number of anilines is 1. The molecule has 0 spiro atoms. The first kappa shape index (κ1) is 24.3. The van der Waals surface area contributed by atoms with Crippen molar-refractivity contribution in [2.24, 2.45) is 0 Å². The molecule has 34 heavy (non-hydrogen) atoms. The van der Waals surface area contributed by atoms with Crippen LogP contribution in [-0.2, 0) is 16.0 Å². The van der Waals surface area contributed by atoms with E-state index in [1.165, 1.54) is 6.33 Å². The van der Waals surface area contributed by atoms with Crippen LogP contribution in [0.15, 0.2) is 30.7 Å². The van der Waals surface area contributed by atoms with Crippen LogP contribution in [0, 0.1) is 0 Å². The molecule has 0 aliphatic carbocycles. The van der Waals surface area contributed by atoms with Crippen molar-refractivity contribution in [3.63, 3.8) is 0 Å². The van der Waals surface area contributed by atoms with E-state index in [0.717, 1.165) is 80.2 Å². The predicted molar refractivity (Wildman–Crippen MR) is 131 cm³/mol. The smallest absolute Gasteiger partial charge is 0.239 e. The molecule has 0 radical (unpaired) electrons. The van der Waals surface area contributed by atoms with Gasteiger partial charge in [0.05, 0.1) is 31.0 Å². The lowest BCUT2D eigenvalue weighted by atomic mass is 9.96. The van der Waals surface area contributed by atoms with Crippen molar-refractivity contribution < 1.29 is 14.3 Å². The van der Waals surface area contributed by atoms with Crippen LogP contribution in [0.25, 0.3) is 10.9 Å². The molecule has 0 bridgehead atoms. The van der Waals surface area contributed by atoms with Crippen LogP contribution in [0.5, 0.6) is 5.75 Å². The molecule has 1 N–H and O–H groups in total. The summed E-state index contributed by atoms with van der Waals surface area (Å²) in [5, 5.41) is 3.72. The summed E-state index contributed by atoms with van der Waals surface area (Å²) in [7, 11) is 0. The molecule has 1 amide bonds. The number of rotatable bonds is 8. The highest BCUT2D eigenvalue weighted by Crippen LogP contribution is 2.37. The minimum Gasteiger partial charge on any atom is -0.493 e. The Balaban J connectivity index is 0.00000274. The van der Waals surface area contributed by atoms with Gasteiger partial charge in [0.1, 0.15) is 29.6 Å². The fourth-order valence-electron chi connectivity index (χ4n) is 4.37. The van der Waals surface area contributed by atoms with Gasteiger partial charge in [-0.3, -0.25) is 9.69 Å². The molecule has 1 fully saturated rings. The first-order valence-corrected chi connectivity index (χ1v) is 11.6. The molecular weight excluding hydrogens is 456 g/mol. The van der Waals surface area contributed by atoms with Crippen molar-refractivity contribution in [3.8, 4) is 5.75 Å². The van der Waals surface area contributed by atoms with E-state index in [1.54, 1.807) is 6.20 Å². The summed E-state index contributed by atoms with van der Waals surface area (Å²) in [4.78, 5) is 33.1. The fourth-order valence-corrected chi connectivity index (χ4v) is 4.37. The first-order valence-electron chi connectivity index (χ1n) is 11.6. The van der Waals surface area contributed by atoms with E-state index < -0.39 is 5.92 Å². The van der Waals surface area contributed by atoms with Gasteiger partial charge in [0.25, 0.3) is 0 Å². The Morgan fingerprint density at radius 2 is 2.06 bits per heavy atom. The van der Waals surface area contributed by atoms with Crippen molar-refractivity contribution in [2.45, 2.75) is 32.1 Å². The third kappa shape index (κ3) is 5.11. The van der Waals surface area contributed by atoms with Gasteiger partial charge >= 0.3 is 0 Å². The molecule has 180 valence electrons. The predicted octanol–water partition coefficient (Wildman–Crippen LogP) is 2.98. The normalized spacial score (nSPS) is 17.8. The van der Waals surface area contributed by atoms with E-state index in [1.807, 2.05) is 18.2 Å². The van der Waals surface area contributed by atoms with Gasteiger partial charge in [-0.15, -0.1) is 12.4 Å². The largest absolute Gasteiger partial charge is 0.493 e. The highest BCUT2D eigenvalue weighted by Gasteiger charge is 2.36. The SMILES string of the molecule is CCCc1ncc2c(n1)NC(=O)C2c1ncnc2cc(OCCCN3CCOCC3)ccc12.Cl. The zero-order chi connectivity index (χ0) is 22.6. The second-order valence-electron chi connectivity index (χ2n) is 8.36. The number of amides is 1. The summed E-state index contributed by atoms with van der Waals surface area (Å²) in [6.07, 6.45) is 5.92. The molecule has 4 heterocycles. The maximum Gasteiger partial charge on any atom is 0.239 e. The maximum atomic E-state index is 12.8. The Hall–Kier alpha value is -2.88. The lowest BCUT2D eigenvalue weighted by Gasteiger charge is -2.26. The summed E-state index contributed by atoms with van der Waals surface area (Å²) < 4.78 is 11.4. The average molecular weight is 485 g/mol. The van der Waals surface area contributed by atoms with Gasteiger partial charge in [-0.05, 0) is 25.0 Å². The van der Waals surface area contributed by atoms with E-state index >= 15 is 0 Å². The fraction of sp³-hybridized carbons (Fsp3) is 0.458. The lowest BCUT2D eigenvalue weighted by Crippen LogP contribution is -2.37. The van der Waals surface area contributed by atoms with Gasteiger partial charge < -0.3 is 14.8 Å². The van der Waals surface area contributed by atoms with Crippen molar-refractivity contribution in [1.82, 2.24) is 24.8 Å².